The Labute approximate surface area is 128 Å². The number of carbonyl (C=O) groups is 1. The van der Waals surface area contributed by atoms with Gasteiger partial charge in [-0.05, 0) is 0 Å². The maximum atomic E-state index is 13.9. The van der Waals surface area contributed by atoms with Gasteiger partial charge in [-0.25, -0.2) is 17.6 Å². The number of ketones is 1. The van der Waals surface area contributed by atoms with Crippen molar-refractivity contribution >= 4 is 17.2 Å². The topological polar surface area (TPSA) is 110 Å². The minimum absolute atomic E-state index is 1.41. The van der Waals surface area contributed by atoms with Crippen LogP contribution in [-0.4, -0.2) is 16.0 Å². The highest BCUT2D eigenvalue weighted by atomic mass is 19.2. The van der Waals surface area contributed by atoms with E-state index in [1.165, 1.54) is 0 Å². The maximum absolute atomic E-state index is 13.9. The van der Waals surface area contributed by atoms with Gasteiger partial charge in [0.25, 0.3) is 0 Å². The number of rotatable bonds is 2. The van der Waals surface area contributed by atoms with E-state index in [9.17, 15) is 31.1 Å². The molecule has 2 rings (SSSR count). The average molecular weight is 352 g/mol. The molecule has 0 fully saturated rings. The van der Waals surface area contributed by atoms with Gasteiger partial charge in [-0.15, -0.1) is 0 Å². The van der Waals surface area contributed by atoms with Crippen molar-refractivity contribution in [2.45, 2.75) is 0 Å². The maximum Gasteiger partial charge on any atom is 0.205 e. The molecule has 0 aliphatic carbocycles. The van der Waals surface area contributed by atoms with Crippen LogP contribution in [0.15, 0.2) is 0 Å². The number of benzene rings is 2. The Morgan fingerprint density at radius 1 is 0.625 bits per heavy atom. The number of halogens is 6. The molecule has 0 atom stereocenters. The Morgan fingerprint density at radius 2 is 0.917 bits per heavy atom. The van der Waals surface area contributed by atoms with E-state index < -0.39 is 74.7 Å². The van der Waals surface area contributed by atoms with Gasteiger partial charge in [0.05, 0.1) is 11.1 Å². The molecule has 24 heavy (non-hydrogen) atoms. The highest BCUT2D eigenvalue weighted by molar-refractivity contribution is 6.11. The van der Waals surface area contributed by atoms with Crippen LogP contribution in [0.5, 0.6) is 11.5 Å². The highest BCUT2D eigenvalue weighted by Gasteiger charge is 2.34. The lowest BCUT2D eigenvalue weighted by Gasteiger charge is -2.12. The Morgan fingerprint density at radius 3 is 1.21 bits per heavy atom. The molecule has 0 bridgehead atoms. The number of phenolic OH excluding ortho intramolecular Hbond substituents is 2. The molecule has 5 nitrogen and oxygen atoms in total. The van der Waals surface area contributed by atoms with Crippen molar-refractivity contribution in [1.29, 1.82) is 0 Å². The van der Waals surface area contributed by atoms with Gasteiger partial charge in [0.1, 0.15) is 11.4 Å². The van der Waals surface area contributed by atoms with Gasteiger partial charge >= 0.3 is 0 Å². The molecule has 2 aromatic carbocycles. The molecule has 0 aromatic heterocycles. The molecule has 0 aliphatic rings. The Kier molecular flexibility index (Phi) is 3.96. The average Bonchev–Trinajstić information content (AvgIpc) is 2.55. The summed E-state index contributed by atoms with van der Waals surface area (Å²) in [4.78, 5) is 12.0. The van der Waals surface area contributed by atoms with Crippen LogP contribution >= 0.6 is 0 Å². The zero-order chi connectivity index (χ0) is 18.5. The molecule has 6 N–H and O–H groups in total. The first kappa shape index (κ1) is 17.2. The molecule has 0 amide bonds. The zero-order valence-electron chi connectivity index (χ0n) is 11.2. The number of aromatic hydroxyl groups is 2. The minimum Gasteiger partial charge on any atom is -0.503 e. The Bertz CT molecular complexity index is 771. The zero-order valence-corrected chi connectivity index (χ0v) is 11.2. The van der Waals surface area contributed by atoms with Crippen LogP contribution in [0.1, 0.15) is 15.9 Å². The largest absolute Gasteiger partial charge is 0.503 e. The third-order valence-corrected chi connectivity index (χ3v) is 3.12. The van der Waals surface area contributed by atoms with Gasteiger partial charge in [0.2, 0.25) is 17.4 Å². The lowest BCUT2D eigenvalue weighted by Crippen LogP contribution is -2.17. The van der Waals surface area contributed by atoms with Gasteiger partial charge in [-0.3, -0.25) is 4.79 Å². The number of phenols is 2. The summed E-state index contributed by atoms with van der Waals surface area (Å²) in [6.45, 7) is 0. The van der Waals surface area contributed by atoms with E-state index in [0.717, 1.165) is 0 Å². The molecular weight excluding hydrogens is 346 g/mol. The van der Waals surface area contributed by atoms with E-state index in [2.05, 4.69) is 0 Å². The summed E-state index contributed by atoms with van der Waals surface area (Å²) in [6, 6.07) is 0. The van der Waals surface area contributed by atoms with Crippen LogP contribution in [-0.2, 0) is 0 Å². The van der Waals surface area contributed by atoms with Crippen molar-refractivity contribution in [3.8, 4) is 11.5 Å². The second kappa shape index (κ2) is 5.51. The summed E-state index contributed by atoms with van der Waals surface area (Å²) in [5.74, 6) is -18.5. The lowest BCUT2D eigenvalue weighted by molar-refractivity contribution is 0.102. The summed E-state index contributed by atoms with van der Waals surface area (Å²) in [7, 11) is 0. The van der Waals surface area contributed by atoms with Gasteiger partial charge in [0.15, 0.2) is 34.8 Å². The van der Waals surface area contributed by atoms with E-state index in [1.54, 1.807) is 0 Å². The molecule has 128 valence electrons. The van der Waals surface area contributed by atoms with Gasteiger partial charge in [0, 0.05) is 0 Å². The van der Waals surface area contributed by atoms with Crippen molar-refractivity contribution in [2.24, 2.45) is 0 Å². The van der Waals surface area contributed by atoms with Crippen LogP contribution in [0, 0.1) is 34.9 Å². The van der Waals surface area contributed by atoms with E-state index >= 15 is 0 Å². The van der Waals surface area contributed by atoms with E-state index in [0.29, 0.717) is 0 Å². The number of hydrogen-bond donors (Lipinski definition) is 4. The minimum atomic E-state index is -2.31. The van der Waals surface area contributed by atoms with Crippen molar-refractivity contribution in [2.75, 3.05) is 11.5 Å². The van der Waals surface area contributed by atoms with Gasteiger partial charge < -0.3 is 21.7 Å². The van der Waals surface area contributed by atoms with Crippen molar-refractivity contribution < 1.29 is 41.4 Å². The second-order valence-electron chi connectivity index (χ2n) is 4.49. The van der Waals surface area contributed by atoms with Crippen molar-refractivity contribution in [3.63, 3.8) is 0 Å². The lowest BCUT2D eigenvalue weighted by atomic mass is 9.98. The molecule has 0 unspecified atom stereocenters. The van der Waals surface area contributed by atoms with E-state index in [1.807, 2.05) is 0 Å². The smallest absolute Gasteiger partial charge is 0.205 e. The van der Waals surface area contributed by atoms with Crippen LogP contribution in [0.3, 0.4) is 0 Å². The quantitative estimate of drug-likeness (QED) is 0.218. The number of hydrogen-bond acceptors (Lipinski definition) is 5. The summed E-state index contributed by atoms with van der Waals surface area (Å²) in [6.07, 6.45) is 0. The molecule has 0 saturated carbocycles. The third kappa shape index (κ3) is 2.16. The molecular formula is C13H6F6N2O3. The molecule has 0 heterocycles. The SMILES string of the molecule is Nc1c(O)c(F)c(F)c(C(=O)c2c(F)c(N)c(O)c(F)c2F)c1F. The molecule has 0 saturated heterocycles. The normalized spacial score (nSPS) is 10.9. The first-order chi connectivity index (χ1) is 11.0. The number of anilines is 2. The molecule has 0 spiro atoms. The summed E-state index contributed by atoms with van der Waals surface area (Å²) in [5.41, 5.74) is 3.24. The predicted octanol–water partition coefficient (Wildman–Crippen LogP) is 2.33. The molecule has 0 aliphatic heterocycles. The van der Waals surface area contributed by atoms with Gasteiger partial charge in [-0.2, -0.15) is 8.78 Å². The predicted molar refractivity (Wildman–Crippen MR) is 68.2 cm³/mol. The fourth-order valence-electron chi connectivity index (χ4n) is 1.86. The number of nitrogens with two attached hydrogens (primary N) is 2. The van der Waals surface area contributed by atoms with Crippen LogP contribution < -0.4 is 11.5 Å². The standard InChI is InChI=1S/C13H6F6N2O3/c14-3-1(5(16)9(20)12(23)7(3)18)11(22)2-4(15)8(19)13(24)10(21)6(2)17/h23-24H,20-21H2. The third-order valence-electron chi connectivity index (χ3n) is 3.12. The van der Waals surface area contributed by atoms with Crippen LogP contribution in [0.4, 0.5) is 37.7 Å². The summed E-state index contributed by atoms with van der Waals surface area (Å²) in [5, 5.41) is 18.1. The van der Waals surface area contributed by atoms with E-state index in [4.69, 9.17) is 21.7 Å². The van der Waals surface area contributed by atoms with Crippen LogP contribution in [0.2, 0.25) is 0 Å². The summed E-state index contributed by atoms with van der Waals surface area (Å²) < 4.78 is 81.9. The van der Waals surface area contributed by atoms with Gasteiger partial charge in [-0.1, -0.05) is 0 Å². The molecule has 11 heteroatoms. The first-order valence-corrected chi connectivity index (χ1v) is 5.86. The molecule has 0 radical (unpaired) electrons. The van der Waals surface area contributed by atoms with E-state index in [-0.39, 0.29) is 0 Å². The number of nitrogen functional groups attached to an aromatic ring is 2. The number of carbonyl (C=O) groups excluding carboxylic acids is 1. The second-order valence-corrected chi connectivity index (χ2v) is 4.49. The molecule has 2 aromatic rings. The summed E-state index contributed by atoms with van der Waals surface area (Å²) >= 11 is 0. The monoisotopic (exact) mass is 352 g/mol. The van der Waals surface area contributed by atoms with Crippen molar-refractivity contribution in [1.82, 2.24) is 0 Å². The van der Waals surface area contributed by atoms with Crippen molar-refractivity contribution in [3.05, 3.63) is 46.0 Å². The first-order valence-electron chi connectivity index (χ1n) is 5.86. The van der Waals surface area contributed by atoms with Crippen LogP contribution in [0.25, 0.3) is 0 Å². The Hall–Kier alpha value is -3.11. The highest BCUT2D eigenvalue weighted by Crippen LogP contribution is 2.37. The Balaban J connectivity index is 2.87. The fourth-order valence-corrected chi connectivity index (χ4v) is 1.86. The fraction of sp³-hybridized carbons (Fsp3) is 0.